The Morgan fingerprint density at radius 3 is 2.64 bits per heavy atom. The van der Waals surface area contributed by atoms with Crippen molar-refractivity contribution in [3.05, 3.63) is 71.7 Å². The van der Waals surface area contributed by atoms with Gasteiger partial charge in [-0.2, -0.15) is 0 Å². The zero-order chi connectivity index (χ0) is 16.6. The van der Waals surface area contributed by atoms with Gasteiger partial charge in [-0.05, 0) is 61.3 Å². The number of aromatic amines is 1. The summed E-state index contributed by atoms with van der Waals surface area (Å²) in [4.78, 5) is 16.4. The number of Topliss-reactive ketones (excluding diaryl/α,β-unsaturated/α-hetero) is 1. The lowest BCUT2D eigenvalue weighted by Gasteiger charge is -2.27. The highest BCUT2D eigenvalue weighted by Gasteiger charge is 2.41. The van der Waals surface area contributed by atoms with Gasteiger partial charge in [-0.25, -0.2) is 4.39 Å². The van der Waals surface area contributed by atoms with Crippen LogP contribution in [0.1, 0.15) is 22.3 Å². The van der Waals surface area contributed by atoms with Gasteiger partial charge in [0.1, 0.15) is 5.82 Å². The average molecular weight is 359 g/mol. The summed E-state index contributed by atoms with van der Waals surface area (Å²) < 4.78 is 13.2. The number of fused-ring (bicyclic) bond motifs is 1. The highest BCUT2D eigenvalue weighted by atomic mass is 35.5. The Hall–Kier alpha value is -2.17. The Morgan fingerprint density at radius 1 is 1.12 bits per heavy atom. The first-order valence-corrected chi connectivity index (χ1v) is 8.23. The van der Waals surface area contributed by atoms with Crippen molar-refractivity contribution >= 4 is 29.1 Å². The summed E-state index contributed by atoms with van der Waals surface area (Å²) in [6, 6.07) is 14.3. The molecule has 1 atom stereocenters. The summed E-state index contributed by atoms with van der Waals surface area (Å²) in [6.45, 7) is 1.49. The van der Waals surface area contributed by atoms with Gasteiger partial charge in [0.2, 0.25) is 0 Å². The largest absolute Gasteiger partial charge is 0.361 e. The molecule has 4 rings (SSSR count). The number of benzene rings is 2. The van der Waals surface area contributed by atoms with E-state index < -0.39 is 5.41 Å². The Kier molecular flexibility index (Phi) is 4.93. The standard InChI is InChI=1S/C20H19FN2O.ClH/c21-17-4-1-14(2-5-17)12-20(8-10-22-13-20)19(24)16-3-6-18-15(11-16)7-9-23-18;/h1-7,9,11,22-23H,8,10,12-13H2;1H. The van der Waals surface area contributed by atoms with E-state index in [0.717, 1.165) is 35.0 Å². The highest BCUT2D eigenvalue weighted by molar-refractivity contribution is 6.03. The number of halogens is 2. The second kappa shape index (κ2) is 6.98. The minimum absolute atomic E-state index is 0. The molecule has 0 radical (unpaired) electrons. The molecule has 1 unspecified atom stereocenters. The summed E-state index contributed by atoms with van der Waals surface area (Å²) in [5.74, 6) is -0.0819. The van der Waals surface area contributed by atoms with Crippen LogP contribution < -0.4 is 5.32 Å². The van der Waals surface area contributed by atoms with Crippen molar-refractivity contribution in [2.45, 2.75) is 12.8 Å². The molecule has 0 bridgehead atoms. The third kappa shape index (κ3) is 3.32. The number of carbonyl (C=O) groups is 1. The van der Waals surface area contributed by atoms with Crippen molar-refractivity contribution in [3.8, 4) is 0 Å². The van der Waals surface area contributed by atoms with Crippen molar-refractivity contribution in [1.82, 2.24) is 10.3 Å². The topological polar surface area (TPSA) is 44.9 Å². The second-order valence-corrected chi connectivity index (χ2v) is 6.62. The Labute approximate surface area is 152 Å². The maximum Gasteiger partial charge on any atom is 0.170 e. The fraction of sp³-hybridized carbons (Fsp3) is 0.250. The minimum atomic E-state index is -0.457. The van der Waals surface area contributed by atoms with Crippen LogP contribution in [0.15, 0.2) is 54.7 Å². The monoisotopic (exact) mass is 358 g/mol. The van der Waals surface area contributed by atoms with Crippen LogP contribution >= 0.6 is 12.4 Å². The summed E-state index contributed by atoms with van der Waals surface area (Å²) in [6.07, 6.45) is 3.31. The molecule has 3 nitrogen and oxygen atoms in total. The lowest BCUT2D eigenvalue weighted by atomic mass is 9.74. The van der Waals surface area contributed by atoms with Gasteiger partial charge in [0.05, 0.1) is 5.41 Å². The van der Waals surface area contributed by atoms with E-state index in [0.29, 0.717) is 13.0 Å². The quantitative estimate of drug-likeness (QED) is 0.689. The molecule has 2 heterocycles. The molecule has 1 aliphatic rings. The Bertz CT molecular complexity index is 882. The molecule has 1 aliphatic heterocycles. The van der Waals surface area contributed by atoms with Crippen LogP contribution in [-0.2, 0) is 6.42 Å². The molecule has 5 heteroatoms. The minimum Gasteiger partial charge on any atom is -0.361 e. The number of hydrogen-bond acceptors (Lipinski definition) is 2. The molecule has 3 aromatic rings. The number of nitrogens with one attached hydrogen (secondary N) is 2. The van der Waals surface area contributed by atoms with Crippen molar-refractivity contribution in [2.24, 2.45) is 5.41 Å². The molecular weight excluding hydrogens is 339 g/mol. The number of rotatable bonds is 4. The summed E-state index contributed by atoms with van der Waals surface area (Å²) in [5, 5.41) is 4.37. The van der Waals surface area contributed by atoms with Crippen LogP contribution in [0.4, 0.5) is 4.39 Å². The molecule has 25 heavy (non-hydrogen) atoms. The van der Waals surface area contributed by atoms with Gasteiger partial charge in [0.25, 0.3) is 0 Å². The maximum absolute atomic E-state index is 13.3. The predicted molar refractivity (Wildman–Crippen MR) is 99.9 cm³/mol. The molecule has 0 saturated carbocycles. The number of aromatic nitrogens is 1. The molecular formula is C20H20ClFN2O. The van der Waals surface area contributed by atoms with E-state index in [2.05, 4.69) is 10.3 Å². The number of H-pyrrole nitrogens is 1. The smallest absolute Gasteiger partial charge is 0.170 e. The second-order valence-electron chi connectivity index (χ2n) is 6.62. The average Bonchev–Trinajstić information content (AvgIpc) is 3.25. The molecule has 0 spiro atoms. The van der Waals surface area contributed by atoms with Crippen LogP contribution in [-0.4, -0.2) is 23.9 Å². The Balaban J connectivity index is 0.00000182. The first-order chi connectivity index (χ1) is 11.7. The SMILES string of the molecule is Cl.O=C(c1ccc2[nH]ccc2c1)C1(Cc2ccc(F)cc2)CCNC1. The van der Waals surface area contributed by atoms with Crippen molar-refractivity contribution < 1.29 is 9.18 Å². The van der Waals surface area contributed by atoms with Gasteiger partial charge in [0.15, 0.2) is 5.78 Å². The number of carbonyl (C=O) groups excluding carboxylic acids is 1. The number of hydrogen-bond donors (Lipinski definition) is 2. The summed E-state index contributed by atoms with van der Waals surface area (Å²) >= 11 is 0. The first kappa shape index (κ1) is 17.6. The predicted octanol–water partition coefficient (Wildman–Crippen LogP) is 4.13. The van der Waals surface area contributed by atoms with Crippen LogP contribution in [0.25, 0.3) is 10.9 Å². The zero-order valence-corrected chi connectivity index (χ0v) is 14.5. The van der Waals surface area contributed by atoms with E-state index in [1.165, 1.54) is 12.1 Å². The van der Waals surface area contributed by atoms with E-state index in [-0.39, 0.29) is 24.0 Å². The van der Waals surface area contributed by atoms with Gasteiger partial charge in [-0.15, -0.1) is 12.4 Å². The van der Waals surface area contributed by atoms with Crippen molar-refractivity contribution in [1.29, 1.82) is 0 Å². The number of ketones is 1. The van der Waals surface area contributed by atoms with E-state index in [9.17, 15) is 9.18 Å². The molecule has 2 N–H and O–H groups in total. The third-order valence-electron chi connectivity index (χ3n) is 5.00. The first-order valence-electron chi connectivity index (χ1n) is 8.23. The molecule has 0 aliphatic carbocycles. The molecule has 2 aromatic carbocycles. The zero-order valence-electron chi connectivity index (χ0n) is 13.7. The summed E-state index contributed by atoms with van der Waals surface area (Å²) in [7, 11) is 0. The maximum atomic E-state index is 13.3. The highest BCUT2D eigenvalue weighted by Crippen LogP contribution is 2.34. The van der Waals surface area contributed by atoms with Crippen LogP contribution in [0.2, 0.25) is 0 Å². The van der Waals surface area contributed by atoms with E-state index in [4.69, 9.17) is 0 Å². The van der Waals surface area contributed by atoms with E-state index in [1.54, 1.807) is 12.1 Å². The third-order valence-corrected chi connectivity index (χ3v) is 5.00. The molecule has 130 valence electrons. The van der Waals surface area contributed by atoms with Gasteiger partial charge >= 0.3 is 0 Å². The van der Waals surface area contributed by atoms with E-state index in [1.807, 2.05) is 30.5 Å². The van der Waals surface area contributed by atoms with Gasteiger partial charge in [-0.3, -0.25) is 4.79 Å². The fourth-order valence-corrected chi connectivity index (χ4v) is 3.66. The van der Waals surface area contributed by atoms with Crippen LogP contribution in [0, 0.1) is 11.2 Å². The van der Waals surface area contributed by atoms with Crippen molar-refractivity contribution in [2.75, 3.05) is 13.1 Å². The summed E-state index contributed by atoms with van der Waals surface area (Å²) in [5.41, 5.74) is 2.31. The van der Waals surface area contributed by atoms with Gasteiger partial charge in [0, 0.05) is 29.2 Å². The van der Waals surface area contributed by atoms with Crippen LogP contribution in [0.5, 0.6) is 0 Å². The molecule has 1 aromatic heterocycles. The fourth-order valence-electron chi connectivity index (χ4n) is 3.66. The lowest BCUT2D eigenvalue weighted by molar-refractivity contribution is 0.0816. The van der Waals surface area contributed by atoms with E-state index >= 15 is 0 Å². The molecule has 1 fully saturated rings. The van der Waals surface area contributed by atoms with Crippen LogP contribution in [0.3, 0.4) is 0 Å². The van der Waals surface area contributed by atoms with Gasteiger partial charge < -0.3 is 10.3 Å². The van der Waals surface area contributed by atoms with Gasteiger partial charge in [-0.1, -0.05) is 12.1 Å². The van der Waals surface area contributed by atoms with Crippen molar-refractivity contribution in [3.63, 3.8) is 0 Å². The lowest BCUT2D eigenvalue weighted by Crippen LogP contribution is -2.36. The molecule has 0 amide bonds. The Morgan fingerprint density at radius 2 is 1.92 bits per heavy atom. The normalized spacial score (nSPS) is 19.7. The molecule has 1 saturated heterocycles.